The highest BCUT2D eigenvalue weighted by molar-refractivity contribution is 9.10. The van der Waals surface area contributed by atoms with Gasteiger partial charge in [0.25, 0.3) is 0 Å². The van der Waals surface area contributed by atoms with E-state index >= 15 is 0 Å². The van der Waals surface area contributed by atoms with E-state index in [1.54, 1.807) is 24.4 Å². The molecule has 0 radical (unpaired) electrons. The van der Waals surface area contributed by atoms with Crippen LogP contribution in [0.4, 0.5) is 5.69 Å². The molecule has 7 heteroatoms. The molecule has 6 nitrogen and oxygen atoms in total. The number of rotatable bonds is 7. The molecule has 0 spiro atoms. The molecule has 0 bridgehead atoms. The Kier molecular flexibility index (Phi) is 6.14. The van der Waals surface area contributed by atoms with E-state index in [0.29, 0.717) is 18.0 Å². The number of para-hydroxylation sites is 1. The van der Waals surface area contributed by atoms with Crippen LogP contribution in [0, 0.1) is 5.92 Å². The van der Waals surface area contributed by atoms with E-state index in [9.17, 15) is 9.59 Å². The van der Waals surface area contributed by atoms with E-state index in [4.69, 9.17) is 9.84 Å². The third-order valence-corrected chi connectivity index (χ3v) is 4.98. The van der Waals surface area contributed by atoms with Crippen molar-refractivity contribution < 1.29 is 19.4 Å². The summed E-state index contributed by atoms with van der Waals surface area (Å²) in [5.41, 5.74) is 2.49. The molecule has 28 heavy (non-hydrogen) atoms. The van der Waals surface area contributed by atoms with Crippen molar-refractivity contribution in [1.82, 2.24) is 0 Å². The lowest BCUT2D eigenvalue weighted by atomic mass is 9.97. The van der Waals surface area contributed by atoms with Gasteiger partial charge in [0.1, 0.15) is 5.75 Å². The molecule has 0 aliphatic carbocycles. The van der Waals surface area contributed by atoms with Crippen LogP contribution >= 0.6 is 15.9 Å². The zero-order valence-corrected chi connectivity index (χ0v) is 17.2. The summed E-state index contributed by atoms with van der Waals surface area (Å²) in [5, 5.41) is 15.1. The number of carbonyl (C=O) groups is 2. The van der Waals surface area contributed by atoms with Gasteiger partial charge < -0.3 is 9.84 Å². The Morgan fingerprint density at radius 1 is 1.29 bits per heavy atom. The number of carboxylic acids is 1. The number of ketones is 1. The third kappa shape index (κ3) is 4.42. The summed E-state index contributed by atoms with van der Waals surface area (Å²) < 4.78 is 6.02. The Morgan fingerprint density at radius 2 is 2.04 bits per heavy atom. The number of hydrazone groups is 1. The summed E-state index contributed by atoms with van der Waals surface area (Å²) in [5.74, 6) is -1.11. The normalized spacial score (nSPS) is 15.9. The van der Waals surface area contributed by atoms with Crippen LogP contribution in [0.5, 0.6) is 5.75 Å². The lowest BCUT2D eigenvalue weighted by Gasteiger charge is -2.21. The van der Waals surface area contributed by atoms with Crippen molar-refractivity contribution in [3.05, 3.63) is 58.1 Å². The van der Waals surface area contributed by atoms with Gasteiger partial charge in [0, 0.05) is 10.7 Å². The van der Waals surface area contributed by atoms with Gasteiger partial charge in [0.2, 0.25) is 0 Å². The SMILES string of the molecule is CC(C)c1ccccc1N1CC(C(=O)c2cc(Br)ccc2OCC(=O)O)C=N1. The predicted molar refractivity (Wildman–Crippen MR) is 111 cm³/mol. The number of carbonyl (C=O) groups excluding carboxylic acids is 1. The molecule has 1 unspecified atom stereocenters. The van der Waals surface area contributed by atoms with Gasteiger partial charge in [-0.2, -0.15) is 5.10 Å². The quantitative estimate of drug-likeness (QED) is 0.642. The molecule has 2 aromatic rings. The number of carboxylic acid groups (broad SMARTS) is 1. The number of benzene rings is 2. The van der Waals surface area contributed by atoms with Crippen LogP contribution < -0.4 is 9.75 Å². The molecule has 0 saturated heterocycles. The molecule has 1 N–H and O–H groups in total. The summed E-state index contributed by atoms with van der Waals surface area (Å²) in [6.07, 6.45) is 1.64. The topological polar surface area (TPSA) is 79.2 Å². The Balaban J connectivity index is 1.82. The minimum absolute atomic E-state index is 0.157. The van der Waals surface area contributed by atoms with E-state index in [2.05, 4.69) is 40.9 Å². The largest absolute Gasteiger partial charge is 0.481 e. The summed E-state index contributed by atoms with van der Waals surface area (Å²) in [7, 11) is 0. The number of hydrogen-bond acceptors (Lipinski definition) is 5. The van der Waals surface area contributed by atoms with E-state index in [1.165, 1.54) is 5.56 Å². The van der Waals surface area contributed by atoms with Crippen molar-refractivity contribution in [3.8, 4) is 5.75 Å². The molecule has 1 aliphatic heterocycles. The lowest BCUT2D eigenvalue weighted by Crippen LogP contribution is -2.25. The van der Waals surface area contributed by atoms with Crippen LogP contribution in [-0.4, -0.2) is 36.2 Å². The zero-order valence-electron chi connectivity index (χ0n) is 15.6. The Bertz CT molecular complexity index is 926. The van der Waals surface area contributed by atoms with Gasteiger partial charge in [-0.1, -0.05) is 48.0 Å². The second kappa shape index (κ2) is 8.56. The summed E-state index contributed by atoms with van der Waals surface area (Å²) in [6.45, 7) is 4.16. The fourth-order valence-corrected chi connectivity index (χ4v) is 3.48. The highest BCUT2D eigenvalue weighted by Crippen LogP contribution is 2.32. The molecular formula is C21H21BrN2O4. The standard InChI is InChI=1S/C21H21BrN2O4/c1-13(2)16-5-3-4-6-18(16)24-11-14(10-23-24)21(27)17-9-15(22)7-8-19(17)28-12-20(25)26/h3-10,13-14H,11-12H2,1-2H3,(H,25,26). The lowest BCUT2D eigenvalue weighted by molar-refractivity contribution is -0.139. The van der Waals surface area contributed by atoms with Gasteiger partial charge in [-0.25, -0.2) is 4.79 Å². The first-order valence-electron chi connectivity index (χ1n) is 8.95. The average molecular weight is 445 g/mol. The van der Waals surface area contributed by atoms with Crippen molar-refractivity contribution in [2.75, 3.05) is 18.2 Å². The molecular weight excluding hydrogens is 424 g/mol. The number of aliphatic carboxylic acids is 1. The van der Waals surface area contributed by atoms with Crippen LogP contribution in [0.15, 0.2) is 52.0 Å². The molecule has 1 aliphatic rings. The van der Waals surface area contributed by atoms with E-state index in [-0.39, 0.29) is 11.5 Å². The van der Waals surface area contributed by atoms with Gasteiger partial charge in [-0.05, 0) is 35.7 Å². The monoisotopic (exact) mass is 444 g/mol. The minimum atomic E-state index is -1.10. The maximum absolute atomic E-state index is 13.1. The molecule has 3 rings (SSSR count). The maximum Gasteiger partial charge on any atom is 0.341 e. The maximum atomic E-state index is 13.1. The van der Waals surface area contributed by atoms with Gasteiger partial charge in [0.05, 0.1) is 23.7 Å². The first kappa shape index (κ1) is 20.1. The van der Waals surface area contributed by atoms with Crippen molar-refractivity contribution in [1.29, 1.82) is 0 Å². The summed E-state index contributed by atoms with van der Waals surface area (Å²) in [6, 6.07) is 13.0. The van der Waals surface area contributed by atoms with Crippen molar-refractivity contribution in [2.45, 2.75) is 19.8 Å². The first-order valence-corrected chi connectivity index (χ1v) is 9.75. The fourth-order valence-electron chi connectivity index (χ4n) is 3.12. The van der Waals surface area contributed by atoms with Gasteiger partial charge >= 0.3 is 5.97 Å². The summed E-state index contributed by atoms with van der Waals surface area (Å²) >= 11 is 3.36. The number of halogens is 1. The van der Waals surface area contributed by atoms with E-state index in [0.717, 1.165) is 10.2 Å². The van der Waals surface area contributed by atoms with Gasteiger partial charge in [0.15, 0.2) is 12.4 Å². The van der Waals surface area contributed by atoms with Crippen molar-refractivity contribution in [2.24, 2.45) is 11.0 Å². The molecule has 1 heterocycles. The molecule has 0 fully saturated rings. The first-order chi connectivity index (χ1) is 13.4. The molecule has 146 valence electrons. The highest BCUT2D eigenvalue weighted by Gasteiger charge is 2.29. The van der Waals surface area contributed by atoms with E-state index in [1.807, 2.05) is 23.2 Å². The molecule has 0 aromatic heterocycles. The third-order valence-electron chi connectivity index (χ3n) is 4.49. The van der Waals surface area contributed by atoms with Crippen LogP contribution in [0.25, 0.3) is 0 Å². The molecule has 2 aromatic carbocycles. The fraction of sp³-hybridized carbons (Fsp3) is 0.286. The predicted octanol–water partition coefficient (Wildman–Crippen LogP) is 4.34. The second-order valence-corrected chi connectivity index (χ2v) is 7.77. The minimum Gasteiger partial charge on any atom is -0.481 e. The number of Topliss-reactive ketones (excluding diaryl/α,β-unsaturated/α-hetero) is 1. The number of anilines is 1. The Hall–Kier alpha value is -2.67. The van der Waals surface area contributed by atoms with Gasteiger partial charge in [-0.15, -0.1) is 0 Å². The van der Waals surface area contributed by atoms with Crippen molar-refractivity contribution >= 4 is 39.6 Å². The molecule has 1 atom stereocenters. The highest BCUT2D eigenvalue weighted by atomic mass is 79.9. The van der Waals surface area contributed by atoms with E-state index < -0.39 is 18.5 Å². The second-order valence-electron chi connectivity index (χ2n) is 6.85. The van der Waals surface area contributed by atoms with Crippen LogP contribution in [0.2, 0.25) is 0 Å². The molecule has 0 saturated carbocycles. The van der Waals surface area contributed by atoms with Crippen LogP contribution in [0.1, 0.15) is 35.7 Å². The van der Waals surface area contributed by atoms with Crippen LogP contribution in [-0.2, 0) is 4.79 Å². The Morgan fingerprint density at radius 3 is 2.75 bits per heavy atom. The smallest absolute Gasteiger partial charge is 0.341 e. The molecule has 0 amide bonds. The number of ether oxygens (including phenoxy) is 1. The van der Waals surface area contributed by atoms with Crippen molar-refractivity contribution in [3.63, 3.8) is 0 Å². The number of nitrogens with zero attached hydrogens (tertiary/aromatic N) is 2. The Labute approximate surface area is 171 Å². The average Bonchev–Trinajstić information content (AvgIpc) is 3.16. The van der Waals surface area contributed by atoms with Gasteiger partial charge in [-0.3, -0.25) is 9.80 Å². The zero-order chi connectivity index (χ0) is 20.3. The number of hydrogen-bond donors (Lipinski definition) is 1. The van der Waals surface area contributed by atoms with Crippen LogP contribution in [0.3, 0.4) is 0 Å². The summed E-state index contributed by atoms with van der Waals surface area (Å²) in [4.78, 5) is 23.9.